The molecule has 3 N–H and O–H groups in total. The quantitative estimate of drug-likeness (QED) is 0.327. The number of rotatable bonds is 16. The summed E-state index contributed by atoms with van der Waals surface area (Å²) in [5, 5.41) is 16.3. The summed E-state index contributed by atoms with van der Waals surface area (Å²) in [6.07, 6.45) is 0.708. The number of aliphatic hydroxyl groups excluding tert-OH is 1. The van der Waals surface area contributed by atoms with Crippen LogP contribution in [0.4, 0.5) is 0 Å². The second-order valence-electron chi connectivity index (χ2n) is 7.95. The van der Waals surface area contributed by atoms with E-state index in [1.807, 2.05) is 0 Å². The van der Waals surface area contributed by atoms with Gasteiger partial charge in [0.05, 0.1) is 6.04 Å². The van der Waals surface area contributed by atoms with Crippen LogP contribution in [-0.4, -0.2) is 52.5 Å². The summed E-state index contributed by atoms with van der Waals surface area (Å²) in [6, 6.07) is -1.16. The summed E-state index contributed by atoms with van der Waals surface area (Å²) in [5.74, 6) is -0.907. The zero-order chi connectivity index (χ0) is 22.6. The van der Waals surface area contributed by atoms with E-state index in [0.29, 0.717) is 19.3 Å². The molecule has 0 aromatic heterocycles. The van der Waals surface area contributed by atoms with Crippen molar-refractivity contribution in [3.05, 3.63) is 0 Å². The number of hydrogen-bond donors (Lipinski definition) is 3. The van der Waals surface area contributed by atoms with E-state index in [2.05, 4.69) is 10.6 Å². The van der Waals surface area contributed by atoms with E-state index >= 15 is 0 Å². The highest BCUT2D eigenvalue weighted by molar-refractivity contribution is 5.81. The number of amides is 1. The predicted octanol–water partition coefficient (Wildman–Crippen LogP) is 1.47. The molecule has 0 bridgehead atoms. The molecule has 0 aromatic rings. The molecule has 0 aromatic carbocycles. The molecule has 4 atom stereocenters. The lowest BCUT2D eigenvalue weighted by molar-refractivity contribution is -0.127. The van der Waals surface area contributed by atoms with Crippen LogP contribution in [0.1, 0.15) is 79.6 Å². The first-order valence-electron chi connectivity index (χ1n) is 10.1. The van der Waals surface area contributed by atoms with Crippen LogP contribution in [0, 0.1) is 5.92 Å². The number of hydrogen-bond acceptors (Lipinski definition) is 7. The molecule has 166 valence electrons. The smallest absolute Gasteiger partial charge is 0.223 e. The van der Waals surface area contributed by atoms with Gasteiger partial charge in [-0.2, -0.15) is 0 Å². The van der Waals surface area contributed by atoms with Crippen molar-refractivity contribution in [3.63, 3.8) is 0 Å². The van der Waals surface area contributed by atoms with Crippen LogP contribution >= 0.6 is 0 Å². The summed E-state index contributed by atoms with van der Waals surface area (Å²) < 4.78 is 0. The second kappa shape index (κ2) is 14.1. The van der Waals surface area contributed by atoms with Gasteiger partial charge in [0.2, 0.25) is 5.91 Å². The zero-order valence-electron chi connectivity index (χ0n) is 18.2. The van der Waals surface area contributed by atoms with Gasteiger partial charge in [-0.3, -0.25) is 14.9 Å². The third-order valence-electron chi connectivity index (χ3n) is 4.68. The molecular formula is C21H36N2O6. The van der Waals surface area contributed by atoms with E-state index in [4.69, 9.17) is 0 Å². The van der Waals surface area contributed by atoms with E-state index in [9.17, 15) is 29.1 Å². The van der Waals surface area contributed by atoms with E-state index < -0.39 is 24.2 Å². The number of ketones is 4. The van der Waals surface area contributed by atoms with Gasteiger partial charge in [-0.25, -0.2) is 0 Å². The molecule has 1 amide bonds. The Bertz CT molecular complexity index is 590. The minimum atomic E-state index is -1.19. The largest absolute Gasteiger partial charge is 0.376 e. The Morgan fingerprint density at radius 1 is 0.759 bits per heavy atom. The molecule has 8 nitrogen and oxygen atoms in total. The van der Waals surface area contributed by atoms with Crippen molar-refractivity contribution >= 4 is 29.0 Å². The fraction of sp³-hybridized carbons (Fsp3) is 0.762. The van der Waals surface area contributed by atoms with Gasteiger partial charge in [0.1, 0.15) is 29.4 Å². The molecule has 29 heavy (non-hydrogen) atoms. The monoisotopic (exact) mass is 412 g/mol. The Morgan fingerprint density at radius 3 is 1.72 bits per heavy atom. The maximum atomic E-state index is 12.4. The molecule has 0 radical (unpaired) electrons. The number of nitrogens with one attached hydrogen (secondary N) is 2. The number of aliphatic hydroxyl groups is 1. The molecule has 0 aliphatic rings. The minimum Gasteiger partial charge on any atom is -0.376 e. The molecular weight excluding hydrogens is 376 g/mol. The summed E-state index contributed by atoms with van der Waals surface area (Å²) in [5.41, 5.74) is 0. The van der Waals surface area contributed by atoms with Gasteiger partial charge in [0.25, 0.3) is 0 Å². The maximum Gasteiger partial charge on any atom is 0.223 e. The van der Waals surface area contributed by atoms with Crippen LogP contribution in [0.2, 0.25) is 0 Å². The fourth-order valence-corrected chi connectivity index (χ4v) is 2.87. The maximum absolute atomic E-state index is 12.4. The van der Waals surface area contributed by atoms with E-state index in [-0.39, 0.29) is 54.7 Å². The van der Waals surface area contributed by atoms with Crippen LogP contribution < -0.4 is 10.6 Å². The third-order valence-corrected chi connectivity index (χ3v) is 4.68. The van der Waals surface area contributed by atoms with E-state index in [0.717, 1.165) is 0 Å². The molecule has 0 aliphatic heterocycles. The van der Waals surface area contributed by atoms with Gasteiger partial charge >= 0.3 is 0 Å². The van der Waals surface area contributed by atoms with Gasteiger partial charge < -0.3 is 24.8 Å². The normalized spacial score (nSPS) is 15.1. The molecule has 0 fully saturated rings. The predicted molar refractivity (Wildman–Crippen MR) is 109 cm³/mol. The first-order chi connectivity index (χ1) is 13.4. The summed E-state index contributed by atoms with van der Waals surface area (Å²) in [7, 11) is 0. The van der Waals surface area contributed by atoms with Gasteiger partial charge in [-0.1, -0.05) is 6.92 Å². The van der Waals surface area contributed by atoms with Crippen molar-refractivity contribution in [1.82, 2.24) is 10.6 Å². The summed E-state index contributed by atoms with van der Waals surface area (Å²) >= 11 is 0. The molecule has 0 spiro atoms. The summed E-state index contributed by atoms with van der Waals surface area (Å²) in [6.45, 7) is 7.48. The first-order valence-corrected chi connectivity index (χ1v) is 10.1. The van der Waals surface area contributed by atoms with E-state index in [1.165, 1.54) is 27.7 Å². The number of carbonyl (C=O) groups excluding carboxylic acids is 5. The average molecular weight is 413 g/mol. The Hall–Kier alpha value is -1.93. The minimum absolute atomic E-state index is 0.00275. The molecule has 0 saturated carbocycles. The van der Waals surface area contributed by atoms with Gasteiger partial charge in [-0.05, 0) is 47.0 Å². The van der Waals surface area contributed by atoms with Crippen LogP contribution in [0.15, 0.2) is 0 Å². The van der Waals surface area contributed by atoms with Gasteiger partial charge in [0, 0.05) is 37.6 Å². The number of Topliss-reactive ketones (excluding diaryl/α,β-unsaturated/α-hetero) is 4. The van der Waals surface area contributed by atoms with Crippen LogP contribution in [0.3, 0.4) is 0 Å². The molecule has 0 heterocycles. The topological polar surface area (TPSA) is 130 Å². The Labute approximate surface area is 173 Å². The third kappa shape index (κ3) is 13.8. The molecule has 0 rings (SSSR count). The average Bonchev–Trinajstić information content (AvgIpc) is 2.59. The van der Waals surface area contributed by atoms with Crippen molar-refractivity contribution in [2.24, 2.45) is 5.92 Å². The standard InChI is InChI=1S/C21H36N2O6/c1-13(6-7-14(2)24)20(28)23-19(11-9-16(4)26)21(29)22-18(12-17(5)27)10-8-15(3)25/h13,18-19,21-22,29H,6-12H2,1-5H3,(H,23,28). The lowest BCUT2D eigenvalue weighted by atomic mass is 10.00. The summed E-state index contributed by atoms with van der Waals surface area (Å²) in [4.78, 5) is 57.7. The lowest BCUT2D eigenvalue weighted by Gasteiger charge is -2.29. The van der Waals surface area contributed by atoms with Crippen LogP contribution in [-0.2, 0) is 24.0 Å². The molecule has 0 aliphatic carbocycles. The number of carbonyl (C=O) groups is 5. The second-order valence-corrected chi connectivity index (χ2v) is 7.95. The Morgan fingerprint density at radius 2 is 1.24 bits per heavy atom. The van der Waals surface area contributed by atoms with Crippen molar-refractivity contribution in [1.29, 1.82) is 0 Å². The highest BCUT2D eigenvalue weighted by Gasteiger charge is 2.26. The van der Waals surface area contributed by atoms with Crippen molar-refractivity contribution < 1.29 is 29.1 Å². The van der Waals surface area contributed by atoms with Crippen molar-refractivity contribution in [3.8, 4) is 0 Å². The highest BCUT2D eigenvalue weighted by Crippen LogP contribution is 2.11. The molecule has 0 saturated heterocycles. The first kappa shape index (κ1) is 27.1. The molecule has 8 heteroatoms. The zero-order valence-corrected chi connectivity index (χ0v) is 18.2. The van der Waals surface area contributed by atoms with Crippen LogP contribution in [0.25, 0.3) is 0 Å². The SMILES string of the molecule is CC(=O)CCC(CC(C)=O)NC(O)C(CCC(C)=O)NC(=O)C(C)CCC(C)=O. The lowest BCUT2D eigenvalue weighted by Crippen LogP contribution is -2.54. The fourth-order valence-electron chi connectivity index (χ4n) is 2.87. The van der Waals surface area contributed by atoms with Crippen molar-refractivity contribution in [2.75, 3.05) is 0 Å². The van der Waals surface area contributed by atoms with Gasteiger partial charge in [0.15, 0.2) is 0 Å². The van der Waals surface area contributed by atoms with E-state index in [1.54, 1.807) is 6.92 Å². The molecule has 4 unspecified atom stereocenters. The van der Waals surface area contributed by atoms with Crippen LogP contribution in [0.5, 0.6) is 0 Å². The van der Waals surface area contributed by atoms with Gasteiger partial charge in [-0.15, -0.1) is 0 Å². The Balaban J connectivity index is 5.10. The Kier molecular flexibility index (Phi) is 13.2. The highest BCUT2D eigenvalue weighted by atomic mass is 16.3. The van der Waals surface area contributed by atoms with Crippen molar-refractivity contribution in [2.45, 2.75) is 97.9 Å².